The Bertz CT molecular complexity index is 1230. The minimum atomic E-state index is -1.25. The first kappa shape index (κ1) is 23.9. The van der Waals surface area contributed by atoms with Crippen LogP contribution in [0.25, 0.3) is 10.4 Å². The smallest absolute Gasteiger partial charge is 0.352 e. The number of imidazole rings is 1. The molecular formula is C22H26N4O7S. The molecule has 4 atom stereocenters. The Morgan fingerprint density at radius 2 is 2.06 bits per heavy atom. The topological polar surface area (TPSA) is 151 Å². The lowest BCUT2D eigenvalue weighted by atomic mass is 9.66. The van der Waals surface area contributed by atoms with Gasteiger partial charge in [-0.3, -0.25) is 18.8 Å². The number of carbonyl (C=O) groups excluding carboxylic acids is 3. The van der Waals surface area contributed by atoms with Crippen molar-refractivity contribution in [3.05, 3.63) is 28.8 Å². The summed E-state index contributed by atoms with van der Waals surface area (Å²) in [6, 6.07) is -0.588. The largest absolute Gasteiger partial charge is 0.477 e. The number of aromatic nitrogens is 2. The number of ether oxygens (including phenoxy) is 1. The highest BCUT2D eigenvalue weighted by Gasteiger charge is 2.66. The Kier molecular flexibility index (Phi) is 5.98. The molecule has 0 saturated carbocycles. The number of esters is 1. The molecule has 0 spiro atoms. The third kappa shape index (κ3) is 3.66. The molecule has 2 aromatic rings. The van der Waals surface area contributed by atoms with Gasteiger partial charge in [0, 0.05) is 31.0 Å². The minimum Gasteiger partial charge on any atom is -0.477 e. The van der Waals surface area contributed by atoms with E-state index in [2.05, 4.69) is 10.3 Å². The van der Waals surface area contributed by atoms with Gasteiger partial charge in [-0.05, 0) is 13.3 Å². The van der Waals surface area contributed by atoms with Gasteiger partial charge in [-0.15, -0.1) is 11.3 Å². The molecule has 4 heterocycles. The van der Waals surface area contributed by atoms with E-state index in [1.54, 1.807) is 16.9 Å². The first-order valence-electron chi connectivity index (χ1n) is 10.8. The first-order chi connectivity index (χ1) is 16.0. The molecule has 2 aliphatic rings. The van der Waals surface area contributed by atoms with Crippen molar-refractivity contribution in [1.29, 1.82) is 0 Å². The van der Waals surface area contributed by atoms with Crippen LogP contribution in [-0.4, -0.2) is 67.0 Å². The number of carbonyl (C=O) groups is 4. The molecule has 3 N–H and O–H groups in total. The van der Waals surface area contributed by atoms with Gasteiger partial charge < -0.3 is 25.2 Å². The fraction of sp³-hybridized carbons (Fsp3) is 0.500. The first-order valence-corrected chi connectivity index (χ1v) is 11.6. The quantitative estimate of drug-likeness (QED) is 0.366. The summed E-state index contributed by atoms with van der Waals surface area (Å²) in [6.07, 6.45) is 2.63. The molecule has 2 aromatic heterocycles. The monoisotopic (exact) mass is 490 g/mol. The maximum Gasteiger partial charge on any atom is 0.352 e. The number of hydrogen-bond acceptors (Lipinski definition) is 8. The number of carboxylic acids is 1. The predicted octanol–water partition coefficient (Wildman–Crippen LogP) is 1.01. The van der Waals surface area contributed by atoms with Crippen LogP contribution in [0.1, 0.15) is 44.7 Å². The van der Waals surface area contributed by atoms with Gasteiger partial charge in [0.25, 0.3) is 0 Å². The molecule has 1 unspecified atom stereocenters. The molecule has 0 aliphatic carbocycles. The maximum absolute atomic E-state index is 12.9. The number of nitrogens with one attached hydrogen (secondary N) is 1. The van der Waals surface area contributed by atoms with Crippen molar-refractivity contribution < 1.29 is 34.1 Å². The van der Waals surface area contributed by atoms with E-state index in [-0.39, 0.29) is 31.2 Å². The van der Waals surface area contributed by atoms with E-state index in [9.17, 15) is 29.4 Å². The zero-order valence-corrected chi connectivity index (χ0v) is 20.0. The Morgan fingerprint density at radius 3 is 2.65 bits per heavy atom. The van der Waals surface area contributed by atoms with Crippen LogP contribution in [-0.2, 0) is 30.5 Å². The molecule has 0 bridgehead atoms. The minimum absolute atomic E-state index is 0.0346. The summed E-state index contributed by atoms with van der Waals surface area (Å²) in [7, 11) is 0. The third-order valence-corrected chi connectivity index (χ3v) is 7.69. The Morgan fingerprint density at radius 1 is 1.35 bits per heavy atom. The van der Waals surface area contributed by atoms with E-state index in [0.717, 1.165) is 4.83 Å². The van der Waals surface area contributed by atoms with Gasteiger partial charge in [-0.1, -0.05) is 6.92 Å². The second kappa shape index (κ2) is 8.51. The number of fused-ring (bicyclic) bond motifs is 2. The van der Waals surface area contributed by atoms with Crippen molar-refractivity contribution in [2.24, 2.45) is 11.3 Å². The lowest BCUT2D eigenvalue weighted by Gasteiger charge is -2.50. The van der Waals surface area contributed by atoms with E-state index < -0.39 is 41.3 Å². The number of rotatable bonds is 8. The van der Waals surface area contributed by atoms with Crippen LogP contribution < -0.4 is 5.32 Å². The predicted molar refractivity (Wildman–Crippen MR) is 120 cm³/mol. The van der Waals surface area contributed by atoms with Crippen molar-refractivity contribution in [1.82, 2.24) is 19.6 Å². The lowest BCUT2D eigenvalue weighted by molar-refractivity contribution is -0.167. The number of aliphatic hydroxyl groups is 1. The lowest BCUT2D eigenvalue weighted by Crippen LogP contribution is -2.66. The molecule has 4 rings (SSSR count). The highest BCUT2D eigenvalue weighted by molar-refractivity contribution is 7.18. The van der Waals surface area contributed by atoms with E-state index >= 15 is 0 Å². The number of thiazole rings is 1. The van der Waals surface area contributed by atoms with Gasteiger partial charge >= 0.3 is 11.9 Å². The summed E-state index contributed by atoms with van der Waals surface area (Å²) in [5.41, 5.74) is 0.0583. The van der Waals surface area contributed by atoms with Crippen LogP contribution >= 0.6 is 11.3 Å². The number of β-lactam (4-membered cyclic amide) rings is 1. The molecule has 34 heavy (non-hydrogen) atoms. The molecule has 182 valence electrons. The average Bonchev–Trinajstić information content (AvgIpc) is 3.35. The molecule has 1 fully saturated rings. The summed E-state index contributed by atoms with van der Waals surface area (Å²) in [5.74, 6) is -3.12. The summed E-state index contributed by atoms with van der Waals surface area (Å²) >= 11 is 1.31. The maximum atomic E-state index is 12.9. The van der Waals surface area contributed by atoms with Crippen molar-refractivity contribution in [2.75, 3.05) is 6.61 Å². The standard InChI is InChI=1S/C22H26N4O7S/c1-10(27)15-18-22(4,5-6-33-12(3)29)16(17(21(31)32)26(18)19(15)30)14-8-25-9-24-13(20(25)34-14)7-23-11(2)28/h8-10,15,18,27H,5-7H2,1-4H3,(H,23,28)(H,31,32)/t10-,15-,18-,22?/m1/s1. The Labute approximate surface area is 199 Å². The molecule has 2 amide bonds. The van der Waals surface area contributed by atoms with Crippen molar-refractivity contribution >= 4 is 45.5 Å². The second-order valence-electron chi connectivity index (χ2n) is 8.86. The number of carboxylic acid groups (broad SMARTS) is 1. The highest BCUT2D eigenvalue weighted by Crippen LogP contribution is 2.59. The zero-order chi connectivity index (χ0) is 24.9. The van der Waals surface area contributed by atoms with Gasteiger partial charge in [0.05, 0.1) is 41.8 Å². The molecule has 11 nitrogen and oxygen atoms in total. The van der Waals surface area contributed by atoms with Gasteiger partial charge in [0.1, 0.15) is 16.9 Å². The van der Waals surface area contributed by atoms with Crippen LogP contribution in [0.5, 0.6) is 0 Å². The fourth-order valence-electron chi connectivity index (χ4n) is 5.03. The molecule has 12 heteroatoms. The fourth-order valence-corrected chi connectivity index (χ4v) is 6.29. The number of aliphatic carboxylic acids is 1. The van der Waals surface area contributed by atoms with Crippen LogP contribution in [0.4, 0.5) is 0 Å². The number of nitrogens with zero attached hydrogens (tertiary/aromatic N) is 3. The molecule has 0 aromatic carbocycles. The third-order valence-electron chi connectivity index (χ3n) is 6.53. The van der Waals surface area contributed by atoms with Crippen molar-refractivity contribution in [3.63, 3.8) is 0 Å². The molecule has 0 radical (unpaired) electrons. The van der Waals surface area contributed by atoms with Gasteiger partial charge in [-0.25, -0.2) is 9.78 Å². The van der Waals surface area contributed by atoms with Crippen molar-refractivity contribution in [2.45, 2.75) is 52.8 Å². The Hall–Kier alpha value is -3.25. The van der Waals surface area contributed by atoms with Crippen LogP contribution in [0.2, 0.25) is 0 Å². The number of aliphatic hydroxyl groups excluding tert-OH is 1. The van der Waals surface area contributed by atoms with Crippen LogP contribution in [0, 0.1) is 11.3 Å². The van der Waals surface area contributed by atoms with E-state index in [0.29, 0.717) is 16.1 Å². The average molecular weight is 491 g/mol. The zero-order valence-electron chi connectivity index (χ0n) is 19.2. The van der Waals surface area contributed by atoms with Gasteiger partial charge in [0.15, 0.2) is 0 Å². The molecular weight excluding hydrogens is 464 g/mol. The summed E-state index contributed by atoms with van der Waals surface area (Å²) in [6.45, 7) is 6.31. The summed E-state index contributed by atoms with van der Waals surface area (Å²) < 4.78 is 6.92. The van der Waals surface area contributed by atoms with E-state index in [1.165, 1.54) is 37.0 Å². The Balaban J connectivity index is 1.83. The molecule has 2 aliphatic heterocycles. The van der Waals surface area contributed by atoms with Gasteiger partial charge in [-0.2, -0.15) is 0 Å². The van der Waals surface area contributed by atoms with Gasteiger partial charge in [0.2, 0.25) is 11.8 Å². The number of amides is 2. The summed E-state index contributed by atoms with van der Waals surface area (Å²) in [4.78, 5) is 54.9. The van der Waals surface area contributed by atoms with Crippen LogP contribution in [0.15, 0.2) is 18.2 Å². The highest BCUT2D eigenvalue weighted by atomic mass is 32.1. The number of hydrogen-bond donors (Lipinski definition) is 3. The van der Waals surface area contributed by atoms with E-state index in [1.807, 2.05) is 6.92 Å². The van der Waals surface area contributed by atoms with Crippen LogP contribution in [0.3, 0.4) is 0 Å². The van der Waals surface area contributed by atoms with E-state index in [4.69, 9.17) is 4.74 Å². The normalized spacial score (nSPS) is 24.7. The molecule has 1 saturated heterocycles. The SMILES string of the molecule is CC(=O)NCc1ncn2cc(C3=C(C(=O)O)N4C(=O)[C@H]([C@@H](C)O)[C@@H]4C3(C)CCOC(C)=O)sc12. The van der Waals surface area contributed by atoms with Crippen molar-refractivity contribution in [3.8, 4) is 0 Å². The second-order valence-corrected chi connectivity index (χ2v) is 9.90. The summed E-state index contributed by atoms with van der Waals surface area (Å²) in [5, 5.41) is 23.1.